The summed E-state index contributed by atoms with van der Waals surface area (Å²) >= 11 is 0. The van der Waals surface area contributed by atoms with Crippen molar-refractivity contribution in [2.75, 3.05) is 20.3 Å². The minimum absolute atomic E-state index is 0.00769. The fourth-order valence-corrected chi connectivity index (χ4v) is 9.93. The van der Waals surface area contributed by atoms with Gasteiger partial charge in [-0.25, -0.2) is 0 Å². The van der Waals surface area contributed by atoms with Crippen molar-refractivity contribution < 1.29 is 52.9 Å². The lowest BCUT2D eigenvalue weighted by Crippen LogP contribution is -2.58. The molecule has 0 aromatic heterocycles. The molecule has 17 atom stereocenters. The fraction of sp³-hybridized carbons (Fsp3) is 0.881. The molecule has 6 saturated heterocycles. The summed E-state index contributed by atoms with van der Waals surface area (Å²) in [7, 11) is 1.65. The Morgan fingerprint density at radius 1 is 0.962 bits per heavy atom. The number of ketones is 1. The van der Waals surface area contributed by atoms with Crippen molar-refractivity contribution in [3.05, 3.63) is 24.3 Å². The summed E-state index contributed by atoms with van der Waals surface area (Å²) < 4.78 is 51.0. The molecule has 6 aliphatic rings. The van der Waals surface area contributed by atoms with E-state index in [9.17, 15) is 15.0 Å². The number of aliphatic hydroxyl groups is 2. The van der Waals surface area contributed by atoms with Crippen LogP contribution in [0.15, 0.2) is 24.3 Å². The van der Waals surface area contributed by atoms with E-state index in [2.05, 4.69) is 33.9 Å². The van der Waals surface area contributed by atoms with Crippen molar-refractivity contribution >= 4 is 5.78 Å². The summed E-state index contributed by atoms with van der Waals surface area (Å²) in [5, 5.41) is 20.6. The maximum Gasteiger partial charge on any atom is 0.171 e. The minimum Gasteiger partial charge on any atom is -0.393 e. The Hall–Kier alpha value is -1.25. The average molecular weight is 749 g/mol. The molecule has 6 rings (SSSR count). The molecule has 0 bridgehead atoms. The molecule has 53 heavy (non-hydrogen) atoms. The van der Waals surface area contributed by atoms with Crippen molar-refractivity contribution in [3.63, 3.8) is 0 Å². The molecular formula is C42H68O11. The molecule has 0 amide bonds. The Morgan fingerprint density at radius 2 is 1.75 bits per heavy atom. The summed E-state index contributed by atoms with van der Waals surface area (Å²) in [5.74, 6) is -0.430. The van der Waals surface area contributed by atoms with Gasteiger partial charge in [0.2, 0.25) is 0 Å². The third kappa shape index (κ3) is 10.0. The lowest BCUT2D eigenvalue weighted by molar-refractivity contribution is -0.308. The van der Waals surface area contributed by atoms with E-state index in [1.54, 1.807) is 14.0 Å². The number of carbonyl (C=O) groups excluding carboxylic acids is 1. The van der Waals surface area contributed by atoms with Gasteiger partial charge >= 0.3 is 0 Å². The zero-order chi connectivity index (χ0) is 38.0. The van der Waals surface area contributed by atoms with Crippen LogP contribution in [0.4, 0.5) is 0 Å². The van der Waals surface area contributed by atoms with Crippen LogP contribution in [-0.2, 0) is 42.7 Å². The Balaban J connectivity index is 1.03. The van der Waals surface area contributed by atoms with Crippen molar-refractivity contribution in [3.8, 4) is 0 Å². The summed E-state index contributed by atoms with van der Waals surface area (Å²) in [6.45, 7) is 19.5. The zero-order valence-electron chi connectivity index (χ0n) is 33.1. The number of hydrogen-bond donors (Lipinski definition) is 2. The van der Waals surface area contributed by atoms with E-state index in [-0.39, 0.29) is 91.4 Å². The molecule has 2 unspecified atom stereocenters. The van der Waals surface area contributed by atoms with Gasteiger partial charge in [0.15, 0.2) is 5.79 Å². The molecule has 0 aromatic rings. The van der Waals surface area contributed by atoms with Gasteiger partial charge in [-0.05, 0) is 82.8 Å². The zero-order valence-corrected chi connectivity index (χ0v) is 33.1. The molecule has 6 fully saturated rings. The Kier molecular flexibility index (Phi) is 14.0. The molecule has 0 radical (unpaired) electrons. The summed E-state index contributed by atoms with van der Waals surface area (Å²) in [6, 6.07) is 0. The minimum atomic E-state index is -0.962. The van der Waals surface area contributed by atoms with Gasteiger partial charge in [0.1, 0.15) is 11.9 Å². The second-order valence-corrected chi connectivity index (χ2v) is 17.4. The van der Waals surface area contributed by atoms with Crippen molar-refractivity contribution in [2.45, 2.75) is 197 Å². The van der Waals surface area contributed by atoms with Gasteiger partial charge < -0.3 is 48.1 Å². The van der Waals surface area contributed by atoms with E-state index in [4.69, 9.17) is 37.9 Å². The first-order chi connectivity index (χ1) is 25.2. The standard InChI is InChI=1S/C42H68O11/c1-23-15-32(49-28(6)27(23)5)9-11-36-24(2)16-34(51-36)13-14-42(20-31(45)22-48-42)53-39-25(3)21-47-37-12-10-33(52-41(37)39)18-30(44)19-35-29(7)50-38(17-26(4)43)40(35)46-8/h23,25-26,28-29,31-41,43,45H,2,5,9-22H2,1,3-4,6-8H3/t23-,25?,26-,28-,29+,31?,32+,33-,34+,35+,36+,37+,38-,39-,40-,41+,42+/m1/s1. The molecule has 0 spiro atoms. The maximum absolute atomic E-state index is 13.5. The molecule has 6 aliphatic heterocycles. The molecule has 0 aromatic carbocycles. The van der Waals surface area contributed by atoms with Crippen LogP contribution in [0.25, 0.3) is 0 Å². The highest BCUT2D eigenvalue weighted by Gasteiger charge is 2.51. The van der Waals surface area contributed by atoms with Gasteiger partial charge in [0.05, 0.1) is 86.5 Å². The topological polar surface area (TPSA) is 131 Å². The third-order valence-corrected chi connectivity index (χ3v) is 13.0. The number of rotatable bonds is 15. The van der Waals surface area contributed by atoms with Crippen molar-refractivity contribution in [2.24, 2.45) is 17.8 Å². The number of fused-ring (bicyclic) bond motifs is 1. The quantitative estimate of drug-likeness (QED) is 0.203. The van der Waals surface area contributed by atoms with Crippen LogP contribution in [0.5, 0.6) is 0 Å². The maximum atomic E-state index is 13.5. The first-order valence-electron chi connectivity index (χ1n) is 20.6. The van der Waals surface area contributed by atoms with E-state index in [0.717, 1.165) is 50.5 Å². The van der Waals surface area contributed by atoms with E-state index < -0.39 is 18.0 Å². The summed E-state index contributed by atoms with van der Waals surface area (Å²) in [4.78, 5) is 13.5. The van der Waals surface area contributed by atoms with Crippen LogP contribution in [-0.4, -0.2) is 121 Å². The van der Waals surface area contributed by atoms with Gasteiger partial charge in [0, 0.05) is 51.0 Å². The summed E-state index contributed by atoms with van der Waals surface area (Å²) in [6.07, 6.45) is 5.44. The predicted molar refractivity (Wildman–Crippen MR) is 198 cm³/mol. The smallest absolute Gasteiger partial charge is 0.171 e. The molecule has 302 valence electrons. The Morgan fingerprint density at radius 3 is 2.45 bits per heavy atom. The molecule has 11 heteroatoms. The van der Waals surface area contributed by atoms with Gasteiger partial charge in [0.25, 0.3) is 0 Å². The molecule has 0 saturated carbocycles. The number of Topliss-reactive ketones (excluding diaryl/α,β-unsaturated/α-hetero) is 1. The monoisotopic (exact) mass is 748 g/mol. The summed E-state index contributed by atoms with van der Waals surface area (Å²) in [5.41, 5.74) is 2.31. The Bertz CT molecular complexity index is 1240. The number of hydrogen-bond acceptors (Lipinski definition) is 11. The van der Waals surface area contributed by atoms with Crippen LogP contribution in [0.2, 0.25) is 0 Å². The first kappa shape index (κ1) is 41.4. The molecule has 11 nitrogen and oxygen atoms in total. The predicted octanol–water partition coefficient (Wildman–Crippen LogP) is 5.61. The second-order valence-electron chi connectivity index (χ2n) is 17.4. The lowest BCUT2D eigenvalue weighted by Gasteiger charge is -2.48. The molecular weight excluding hydrogens is 680 g/mol. The van der Waals surface area contributed by atoms with Crippen LogP contribution < -0.4 is 0 Å². The van der Waals surface area contributed by atoms with Gasteiger partial charge in [-0.2, -0.15) is 0 Å². The highest BCUT2D eigenvalue weighted by atomic mass is 16.7. The van der Waals surface area contributed by atoms with Gasteiger partial charge in [-0.1, -0.05) is 27.0 Å². The molecule has 2 N–H and O–H groups in total. The lowest BCUT2D eigenvalue weighted by atomic mass is 9.85. The van der Waals surface area contributed by atoms with Crippen molar-refractivity contribution in [1.82, 2.24) is 0 Å². The highest BCUT2D eigenvalue weighted by molar-refractivity contribution is 5.79. The van der Waals surface area contributed by atoms with E-state index in [1.165, 1.54) is 5.57 Å². The van der Waals surface area contributed by atoms with E-state index in [0.29, 0.717) is 44.6 Å². The van der Waals surface area contributed by atoms with Gasteiger partial charge in [-0.15, -0.1) is 0 Å². The highest BCUT2D eigenvalue weighted by Crippen LogP contribution is 2.43. The number of methoxy groups -OCH3 is 1. The van der Waals surface area contributed by atoms with Crippen LogP contribution in [0, 0.1) is 17.8 Å². The van der Waals surface area contributed by atoms with E-state index >= 15 is 0 Å². The van der Waals surface area contributed by atoms with Gasteiger partial charge in [-0.3, -0.25) is 4.79 Å². The van der Waals surface area contributed by atoms with Crippen LogP contribution in [0.1, 0.15) is 112 Å². The second kappa shape index (κ2) is 17.9. The van der Waals surface area contributed by atoms with E-state index in [1.807, 2.05) is 6.92 Å². The van der Waals surface area contributed by atoms with Crippen LogP contribution in [0.3, 0.4) is 0 Å². The first-order valence-corrected chi connectivity index (χ1v) is 20.6. The third-order valence-electron chi connectivity index (χ3n) is 13.0. The number of ether oxygens (including phenoxy) is 8. The number of carbonyl (C=O) groups is 1. The van der Waals surface area contributed by atoms with Crippen LogP contribution >= 0.6 is 0 Å². The normalized spacial score (nSPS) is 45.4. The number of aliphatic hydroxyl groups excluding tert-OH is 2. The molecule has 6 heterocycles. The SMILES string of the molecule is C=C1C[C@H](CC[C@]2(O[C@@H]3C(C)CO[C@H]4CC[C@H](CC(=O)C[C@@H]5[C@@H](OC)[C@@H](C[C@@H](C)O)O[C@H]5C)O[C@@H]43)CC(O)CO2)O[C@H]1CC[C@H]1C[C@@H](C)C(=C)[C@@H](C)O1. The average Bonchev–Trinajstić information content (AvgIpc) is 3.75. The largest absolute Gasteiger partial charge is 0.393 e. The molecule has 0 aliphatic carbocycles. The fourth-order valence-electron chi connectivity index (χ4n) is 9.93. The van der Waals surface area contributed by atoms with Crippen molar-refractivity contribution in [1.29, 1.82) is 0 Å². The Labute approximate surface area is 317 Å².